The van der Waals surface area contributed by atoms with Crippen LogP contribution in [0.5, 0.6) is 0 Å². The van der Waals surface area contributed by atoms with E-state index in [9.17, 15) is 22.3 Å². The second-order valence-corrected chi connectivity index (χ2v) is 14.5. The number of halogens is 2. The summed E-state index contributed by atoms with van der Waals surface area (Å²) in [5.74, 6) is -2.39. The number of alkyl halides is 2. The maximum Gasteiger partial charge on any atom is 0.252 e. The summed E-state index contributed by atoms with van der Waals surface area (Å²) < 4.78 is 55.7. The fraction of sp³-hybridized carbons (Fsp3) is 0.533. The van der Waals surface area contributed by atoms with E-state index >= 15 is 0 Å². The second-order valence-electron chi connectivity index (χ2n) is 12.6. The Morgan fingerprint density at radius 1 is 1.00 bits per heavy atom. The van der Waals surface area contributed by atoms with Crippen LogP contribution in [0.25, 0.3) is 10.9 Å². The molecule has 42 heavy (non-hydrogen) atoms. The number of rotatable bonds is 8. The molecule has 2 bridgehead atoms. The third kappa shape index (κ3) is 5.23. The highest BCUT2D eigenvalue weighted by atomic mass is 32.2. The van der Waals surface area contributed by atoms with E-state index in [0.29, 0.717) is 22.4 Å². The number of hydrogen-bond donors (Lipinski definition) is 3. The van der Waals surface area contributed by atoms with Crippen molar-refractivity contribution in [1.82, 2.24) is 9.97 Å². The Labute approximate surface area is 244 Å². The molecular formula is C30H36F2N6O3S. The molecule has 0 radical (unpaired) electrons. The van der Waals surface area contributed by atoms with Crippen LogP contribution in [0.1, 0.15) is 50.5 Å². The lowest BCUT2D eigenvalue weighted by Crippen LogP contribution is -2.64. The molecule has 4 aliphatic rings. The average Bonchev–Trinajstić information content (AvgIpc) is 3.65. The molecule has 1 spiro atoms. The number of nitrogens with one attached hydrogen (secondary N) is 2. The molecule has 2 atom stereocenters. The van der Waals surface area contributed by atoms with Gasteiger partial charge in [0.15, 0.2) is 0 Å². The Balaban J connectivity index is 1.25. The summed E-state index contributed by atoms with van der Waals surface area (Å²) in [5.41, 5.74) is 5.03. The van der Waals surface area contributed by atoms with E-state index in [2.05, 4.69) is 29.8 Å². The van der Waals surface area contributed by atoms with Crippen molar-refractivity contribution in [3.8, 4) is 0 Å². The summed E-state index contributed by atoms with van der Waals surface area (Å²) in [4.78, 5) is 13.5. The Kier molecular flexibility index (Phi) is 6.50. The molecule has 7 rings (SSSR count). The van der Waals surface area contributed by atoms with Crippen LogP contribution in [0, 0.1) is 12.3 Å². The van der Waals surface area contributed by atoms with Crippen molar-refractivity contribution >= 4 is 49.5 Å². The standard InChI is InChI=1S/C30H36F2N6O3S/c1-19-10-20(12-22(11-19)38-23-15-24(38)17-30(31,32)16-23)35-28-27-25(33-18-34-28)13-21(36-42(40,41)9-8-39)14-26(27)37-6-4-29(2-3-29)5-7-37/h10-14,18,23-24,36,39H,2-9,15-17H2,1H3,(H,33,34,35). The zero-order chi connectivity index (χ0) is 29.3. The minimum Gasteiger partial charge on any atom is -0.395 e. The van der Waals surface area contributed by atoms with Gasteiger partial charge in [0.05, 0.1) is 34.6 Å². The first-order valence-electron chi connectivity index (χ1n) is 14.7. The molecule has 3 N–H and O–H groups in total. The average molecular weight is 599 g/mol. The number of piperidine rings is 2. The minimum atomic E-state index is -3.73. The van der Waals surface area contributed by atoms with Gasteiger partial charge in [0, 0.05) is 49.4 Å². The SMILES string of the molecule is Cc1cc(Nc2ncnc3cc(NS(=O)(=O)CCO)cc(N4CCC5(CC4)CC5)c23)cc(N2C3CC2CC(F)(F)C3)c1. The van der Waals surface area contributed by atoms with Gasteiger partial charge in [-0.05, 0) is 80.3 Å². The Morgan fingerprint density at radius 3 is 2.43 bits per heavy atom. The number of fused-ring (bicyclic) bond motifs is 3. The normalized spacial score (nSPS) is 24.0. The van der Waals surface area contributed by atoms with Crippen LogP contribution < -0.4 is 19.8 Å². The van der Waals surface area contributed by atoms with Crippen LogP contribution in [0.15, 0.2) is 36.7 Å². The molecule has 3 heterocycles. The van der Waals surface area contributed by atoms with Gasteiger partial charge in [0.2, 0.25) is 10.0 Å². The largest absolute Gasteiger partial charge is 0.395 e. The van der Waals surface area contributed by atoms with Gasteiger partial charge in [-0.2, -0.15) is 0 Å². The van der Waals surface area contributed by atoms with Crippen molar-refractivity contribution in [3.05, 3.63) is 42.2 Å². The number of aryl methyl sites for hydroxylation is 1. The first kappa shape index (κ1) is 27.6. The molecule has 2 aliphatic heterocycles. The highest BCUT2D eigenvalue weighted by Gasteiger charge is 2.53. The summed E-state index contributed by atoms with van der Waals surface area (Å²) in [6.07, 6.45) is 6.74. The summed E-state index contributed by atoms with van der Waals surface area (Å²) in [6, 6.07) is 9.28. The van der Waals surface area contributed by atoms with E-state index in [-0.39, 0.29) is 24.9 Å². The number of aromatic nitrogens is 2. The molecule has 3 aromatic rings. The lowest BCUT2D eigenvalue weighted by Gasteiger charge is -2.56. The predicted octanol–water partition coefficient (Wildman–Crippen LogP) is 5.17. The summed E-state index contributed by atoms with van der Waals surface area (Å²) in [6.45, 7) is 3.23. The van der Waals surface area contributed by atoms with Gasteiger partial charge < -0.3 is 20.2 Å². The summed E-state index contributed by atoms with van der Waals surface area (Å²) in [5, 5.41) is 13.5. The van der Waals surface area contributed by atoms with Crippen molar-refractivity contribution < 1.29 is 22.3 Å². The van der Waals surface area contributed by atoms with Crippen molar-refractivity contribution in [2.75, 3.05) is 45.3 Å². The molecule has 224 valence electrons. The van der Waals surface area contributed by atoms with Crippen molar-refractivity contribution in [2.45, 2.75) is 69.9 Å². The molecule has 9 nitrogen and oxygen atoms in total. The predicted molar refractivity (Wildman–Crippen MR) is 160 cm³/mol. The lowest BCUT2D eigenvalue weighted by molar-refractivity contribution is -0.0738. The monoisotopic (exact) mass is 598 g/mol. The molecule has 2 aliphatic carbocycles. The van der Waals surface area contributed by atoms with Crippen molar-refractivity contribution in [2.24, 2.45) is 5.41 Å². The Bertz CT molecular complexity index is 1620. The molecule has 1 aromatic heterocycles. The molecule has 4 fully saturated rings. The lowest BCUT2D eigenvalue weighted by atomic mass is 9.77. The zero-order valence-electron chi connectivity index (χ0n) is 23.6. The van der Waals surface area contributed by atoms with Crippen LogP contribution in [-0.2, 0) is 10.0 Å². The Morgan fingerprint density at radius 2 is 1.74 bits per heavy atom. The number of anilines is 5. The number of hydrogen-bond acceptors (Lipinski definition) is 8. The second kappa shape index (κ2) is 9.90. The first-order chi connectivity index (χ1) is 20.0. The molecule has 0 amide bonds. The maximum atomic E-state index is 14.1. The van der Waals surface area contributed by atoms with Gasteiger partial charge in [0.25, 0.3) is 5.92 Å². The van der Waals surface area contributed by atoms with E-state index in [1.165, 1.54) is 19.2 Å². The third-order valence-corrected chi connectivity index (χ3v) is 10.8. The van der Waals surface area contributed by atoms with E-state index in [1.54, 1.807) is 6.07 Å². The highest BCUT2D eigenvalue weighted by Crippen LogP contribution is 2.54. The summed E-state index contributed by atoms with van der Waals surface area (Å²) in [7, 11) is -3.73. The number of sulfonamides is 1. The Hall–Kier alpha value is -3.25. The third-order valence-electron chi connectivity index (χ3n) is 9.49. The number of aliphatic hydroxyl groups excluding tert-OH is 1. The van der Waals surface area contributed by atoms with Crippen molar-refractivity contribution in [1.29, 1.82) is 0 Å². The quantitative estimate of drug-likeness (QED) is 0.326. The van der Waals surface area contributed by atoms with Crippen LogP contribution in [0.2, 0.25) is 0 Å². The van der Waals surface area contributed by atoms with Crippen molar-refractivity contribution in [3.63, 3.8) is 0 Å². The van der Waals surface area contributed by atoms with E-state index in [0.717, 1.165) is 60.4 Å². The fourth-order valence-electron chi connectivity index (χ4n) is 7.20. The van der Waals surface area contributed by atoms with Crippen LogP contribution >= 0.6 is 0 Å². The highest BCUT2D eigenvalue weighted by molar-refractivity contribution is 7.92. The van der Waals surface area contributed by atoms with E-state index in [4.69, 9.17) is 0 Å². The van der Waals surface area contributed by atoms with E-state index < -0.39 is 28.3 Å². The molecule has 2 saturated heterocycles. The topological polar surface area (TPSA) is 111 Å². The van der Waals surface area contributed by atoms with Gasteiger partial charge in [-0.3, -0.25) is 4.72 Å². The van der Waals surface area contributed by atoms with E-state index in [1.807, 2.05) is 31.2 Å². The maximum absolute atomic E-state index is 14.1. The van der Waals surface area contributed by atoms with Crippen LogP contribution in [-0.4, -0.2) is 66.9 Å². The molecule has 2 saturated carbocycles. The zero-order valence-corrected chi connectivity index (χ0v) is 24.4. The molecule has 12 heteroatoms. The fourth-order valence-corrected chi connectivity index (χ4v) is 8.02. The number of nitrogens with zero attached hydrogens (tertiary/aromatic N) is 4. The van der Waals surface area contributed by atoms with Gasteiger partial charge in [-0.15, -0.1) is 0 Å². The van der Waals surface area contributed by atoms with Gasteiger partial charge >= 0.3 is 0 Å². The molecule has 2 unspecified atom stereocenters. The molecular weight excluding hydrogens is 562 g/mol. The summed E-state index contributed by atoms with van der Waals surface area (Å²) >= 11 is 0. The van der Waals surface area contributed by atoms with Gasteiger partial charge in [-0.1, -0.05) is 0 Å². The first-order valence-corrected chi connectivity index (χ1v) is 16.4. The van der Waals surface area contributed by atoms with Crippen LogP contribution in [0.4, 0.5) is 37.3 Å². The van der Waals surface area contributed by atoms with Gasteiger partial charge in [0.1, 0.15) is 12.1 Å². The molecule has 2 aromatic carbocycles. The van der Waals surface area contributed by atoms with Gasteiger partial charge in [-0.25, -0.2) is 27.2 Å². The smallest absolute Gasteiger partial charge is 0.252 e. The number of aliphatic hydroxyl groups is 1. The van der Waals surface area contributed by atoms with Crippen LogP contribution in [0.3, 0.4) is 0 Å². The number of benzene rings is 2. The minimum absolute atomic E-state index is 0.109.